The molecule has 0 bridgehead atoms. The van der Waals surface area contributed by atoms with Gasteiger partial charge < -0.3 is 14.4 Å². The van der Waals surface area contributed by atoms with Crippen LogP contribution in [0.1, 0.15) is 33.6 Å². The van der Waals surface area contributed by atoms with Crippen molar-refractivity contribution in [1.82, 2.24) is 4.98 Å². The molecule has 2 fully saturated rings. The Morgan fingerprint density at radius 1 is 1.21 bits per heavy atom. The minimum absolute atomic E-state index is 0.0230. The Hall–Kier alpha value is -3.56. The molecule has 1 spiro atoms. The molecule has 2 aromatic rings. The number of thiocarbonyl (C=S) groups is 1. The number of carbonyl (C=O) groups excluding carboxylic acids is 2. The molecule has 0 radical (unpaired) electrons. The number of nitriles is 1. The van der Waals surface area contributed by atoms with Crippen LogP contribution in [0.2, 0.25) is 0 Å². The van der Waals surface area contributed by atoms with Crippen molar-refractivity contribution >= 4 is 40.6 Å². The molecule has 1 atom stereocenters. The Kier molecular flexibility index (Phi) is 4.66. The summed E-state index contributed by atoms with van der Waals surface area (Å²) in [5, 5.41) is 8.96. The zero-order valence-electron chi connectivity index (χ0n) is 16.7. The molecule has 1 unspecified atom stereocenters. The maximum Gasteiger partial charge on any atom is 0.419 e. The molecule has 33 heavy (non-hydrogen) atoms. The topological polar surface area (TPSA) is 95.8 Å². The van der Waals surface area contributed by atoms with Gasteiger partial charge >= 0.3 is 12.1 Å². The van der Waals surface area contributed by atoms with Crippen molar-refractivity contribution in [3.63, 3.8) is 0 Å². The third-order valence-electron chi connectivity index (χ3n) is 5.88. The van der Waals surface area contributed by atoms with Crippen LogP contribution in [-0.2, 0) is 27.1 Å². The summed E-state index contributed by atoms with van der Waals surface area (Å²) in [7, 11) is 0. The molecule has 5 rings (SSSR count). The van der Waals surface area contributed by atoms with Gasteiger partial charge in [-0.05, 0) is 36.5 Å². The molecule has 0 aliphatic carbocycles. The van der Waals surface area contributed by atoms with Crippen molar-refractivity contribution in [3.05, 3.63) is 52.8 Å². The van der Waals surface area contributed by atoms with Gasteiger partial charge in [0.05, 0.1) is 29.6 Å². The van der Waals surface area contributed by atoms with Gasteiger partial charge in [-0.1, -0.05) is 0 Å². The highest BCUT2D eigenvalue weighted by Gasteiger charge is 2.59. The van der Waals surface area contributed by atoms with Crippen molar-refractivity contribution < 1.29 is 32.2 Å². The van der Waals surface area contributed by atoms with E-state index in [2.05, 4.69) is 4.98 Å². The summed E-state index contributed by atoms with van der Waals surface area (Å²) in [6.45, 7) is 0.299. The largest absolute Gasteiger partial charge is 0.457 e. The van der Waals surface area contributed by atoms with E-state index in [1.807, 2.05) is 0 Å². The predicted octanol–water partition coefficient (Wildman–Crippen LogP) is 2.94. The summed E-state index contributed by atoms with van der Waals surface area (Å²) in [6, 6.07) is 6.94. The molecule has 3 aliphatic heterocycles. The van der Waals surface area contributed by atoms with E-state index in [9.17, 15) is 22.8 Å². The molecule has 12 heteroatoms. The number of esters is 1. The maximum absolute atomic E-state index is 13.6. The summed E-state index contributed by atoms with van der Waals surface area (Å²) in [5.41, 5.74) is -2.04. The molecule has 8 nitrogen and oxygen atoms in total. The first-order valence-corrected chi connectivity index (χ1v) is 10.1. The van der Waals surface area contributed by atoms with Gasteiger partial charge in [0.15, 0.2) is 16.3 Å². The highest BCUT2D eigenvalue weighted by molar-refractivity contribution is 7.81. The quantitative estimate of drug-likeness (QED) is 0.484. The number of alkyl halides is 3. The highest BCUT2D eigenvalue weighted by Crippen LogP contribution is 2.43. The first kappa shape index (κ1) is 21.3. The number of halogens is 3. The van der Waals surface area contributed by atoms with Gasteiger partial charge in [-0.3, -0.25) is 9.69 Å². The predicted molar refractivity (Wildman–Crippen MR) is 110 cm³/mol. The molecule has 2 saturated heterocycles. The van der Waals surface area contributed by atoms with Crippen molar-refractivity contribution in [3.8, 4) is 6.07 Å². The van der Waals surface area contributed by atoms with E-state index < -0.39 is 34.8 Å². The second kappa shape index (κ2) is 7.23. The third kappa shape index (κ3) is 3.07. The van der Waals surface area contributed by atoms with Crippen molar-refractivity contribution in [2.24, 2.45) is 0 Å². The normalized spacial score (nSPS) is 22.2. The smallest absolute Gasteiger partial charge is 0.419 e. The first-order valence-electron chi connectivity index (χ1n) is 9.71. The average molecular weight is 474 g/mol. The monoisotopic (exact) mass is 474 g/mol. The second-order valence-corrected chi connectivity index (χ2v) is 8.07. The molecule has 0 N–H and O–H groups in total. The molecule has 1 amide bonds. The molecule has 1 aromatic carbocycles. The number of cyclic esters (lactones) is 1. The summed E-state index contributed by atoms with van der Waals surface area (Å²) in [6.07, 6.45) is -3.58. The number of anilines is 2. The van der Waals surface area contributed by atoms with E-state index >= 15 is 0 Å². The molecule has 0 saturated carbocycles. The van der Waals surface area contributed by atoms with E-state index in [0.717, 1.165) is 11.1 Å². The van der Waals surface area contributed by atoms with Gasteiger partial charge in [0.25, 0.3) is 5.91 Å². The van der Waals surface area contributed by atoms with Gasteiger partial charge in [0.2, 0.25) is 0 Å². The number of rotatable bonds is 2. The fraction of sp³-hybridized carbons (Fsp3) is 0.286. The molecular formula is C21H13F3N4O4S. The molecule has 168 valence electrons. The van der Waals surface area contributed by atoms with E-state index in [1.54, 1.807) is 23.1 Å². The Bertz CT molecular complexity index is 1270. The lowest BCUT2D eigenvalue weighted by atomic mass is 9.95. The van der Waals surface area contributed by atoms with Crippen molar-refractivity contribution in [2.75, 3.05) is 23.0 Å². The van der Waals surface area contributed by atoms with Crippen LogP contribution in [0.4, 0.5) is 24.5 Å². The Morgan fingerprint density at radius 2 is 2.00 bits per heavy atom. The lowest BCUT2D eigenvalue weighted by Gasteiger charge is -2.31. The van der Waals surface area contributed by atoms with E-state index in [-0.39, 0.29) is 37.0 Å². The number of hydrogen-bond donors (Lipinski definition) is 0. The molecule has 4 heterocycles. The number of ether oxygens (including phenoxy) is 2. The van der Waals surface area contributed by atoms with E-state index in [1.165, 1.54) is 6.07 Å². The zero-order valence-corrected chi connectivity index (χ0v) is 17.5. The van der Waals surface area contributed by atoms with Crippen LogP contribution in [0.3, 0.4) is 0 Å². The van der Waals surface area contributed by atoms with Crippen LogP contribution < -0.4 is 9.80 Å². The number of carbonyl (C=O) groups is 2. The summed E-state index contributed by atoms with van der Waals surface area (Å²) >= 11 is 5.56. The van der Waals surface area contributed by atoms with Crippen LogP contribution in [0.5, 0.6) is 0 Å². The minimum Gasteiger partial charge on any atom is -0.457 e. The van der Waals surface area contributed by atoms with E-state index in [4.69, 9.17) is 27.0 Å². The lowest BCUT2D eigenvalue weighted by Crippen LogP contribution is -2.50. The fourth-order valence-electron chi connectivity index (χ4n) is 4.30. The van der Waals surface area contributed by atoms with Crippen LogP contribution in [-0.4, -0.2) is 40.7 Å². The van der Waals surface area contributed by atoms with Crippen LogP contribution in [0, 0.1) is 11.3 Å². The van der Waals surface area contributed by atoms with Gasteiger partial charge in [0.1, 0.15) is 12.7 Å². The lowest BCUT2D eigenvalue weighted by molar-refractivity contribution is -0.138. The summed E-state index contributed by atoms with van der Waals surface area (Å²) < 4.78 is 51.0. The number of aromatic nitrogens is 1. The highest BCUT2D eigenvalue weighted by atomic mass is 32.1. The zero-order chi connectivity index (χ0) is 23.5. The average Bonchev–Trinajstić information content (AvgIpc) is 3.46. The van der Waals surface area contributed by atoms with Crippen molar-refractivity contribution in [1.29, 1.82) is 5.26 Å². The maximum atomic E-state index is 13.6. The first-order chi connectivity index (χ1) is 15.7. The van der Waals surface area contributed by atoms with Gasteiger partial charge in [-0.2, -0.15) is 18.4 Å². The summed E-state index contributed by atoms with van der Waals surface area (Å²) in [4.78, 5) is 31.5. The van der Waals surface area contributed by atoms with Gasteiger partial charge in [-0.25, -0.2) is 9.78 Å². The number of fused-ring (bicyclic) bond motifs is 1. The fourth-order valence-corrected chi connectivity index (χ4v) is 4.77. The Labute approximate surface area is 190 Å². The minimum atomic E-state index is -4.85. The standard InChI is InChI=1S/C21H13F3N4O4S/c22-21(23,24)15-6-13(8-26-16(15)7-25)27-18(30)20(3-4-31-10-20)28(19(27)33)12-1-2-14-11(5-12)9-32-17(14)29/h1-2,5-6,8H,3-4,9-10H2. The number of amides is 1. The Balaban J connectivity index is 1.63. The summed E-state index contributed by atoms with van der Waals surface area (Å²) in [5.74, 6) is -1.02. The molecule has 3 aliphatic rings. The second-order valence-electron chi connectivity index (χ2n) is 7.71. The van der Waals surface area contributed by atoms with Gasteiger partial charge in [-0.15, -0.1) is 0 Å². The molecule has 1 aromatic heterocycles. The van der Waals surface area contributed by atoms with E-state index in [0.29, 0.717) is 22.9 Å². The number of pyridine rings is 1. The number of benzene rings is 1. The SMILES string of the molecule is N#Cc1ncc(N2C(=O)C3(CCOC3)N(c3ccc4c(c3)COC4=O)C2=S)cc1C(F)(F)F. The van der Waals surface area contributed by atoms with Crippen LogP contribution in [0.15, 0.2) is 30.5 Å². The third-order valence-corrected chi connectivity index (χ3v) is 6.25. The van der Waals surface area contributed by atoms with Gasteiger partial charge in [0, 0.05) is 24.3 Å². The van der Waals surface area contributed by atoms with Crippen molar-refractivity contribution in [2.45, 2.75) is 24.7 Å². The van der Waals surface area contributed by atoms with Crippen LogP contribution >= 0.6 is 12.2 Å². The number of nitrogens with zero attached hydrogens (tertiary/aromatic N) is 4. The van der Waals surface area contributed by atoms with Crippen LogP contribution in [0.25, 0.3) is 0 Å². The number of hydrogen-bond acceptors (Lipinski definition) is 7. The Morgan fingerprint density at radius 3 is 2.67 bits per heavy atom. The molecular weight excluding hydrogens is 461 g/mol.